The van der Waals surface area contributed by atoms with E-state index in [1.165, 1.54) is 12.1 Å². The van der Waals surface area contributed by atoms with Crippen molar-refractivity contribution < 1.29 is 18.0 Å². The van der Waals surface area contributed by atoms with E-state index in [2.05, 4.69) is 5.32 Å². The maximum Gasteiger partial charge on any atom is 0.254 e. The second-order valence-corrected chi connectivity index (χ2v) is 9.63. The van der Waals surface area contributed by atoms with Crippen LogP contribution in [-0.2, 0) is 21.2 Å². The molecule has 0 radical (unpaired) electrons. The lowest BCUT2D eigenvalue weighted by Crippen LogP contribution is -2.45. The van der Waals surface area contributed by atoms with Crippen LogP contribution in [0, 0.1) is 0 Å². The number of nitrogens with two attached hydrogens (primary N) is 1. The lowest BCUT2D eigenvalue weighted by molar-refractivity contribution is -0.124. The van der Waals surface area contributed by atoms with Crippen molar-refractivity contribution in [3.05, 3.63) is 101 Å². The van der Waals surface area contributed by atoms with Crippen molar-refractivity contribution in [1.82, 2.24) is 10.2 Å². The molecule has 0 fully saturated rings. The third kappa shape index (κ3) is 4.67. The van der Waals surface area contributed by atoms with E-state index in [4.69, 9.17) is 5.14 Å². The highest BCUT2D eigenvalue weighted by atomic mass is 32.2. The molecule has 0 spiro atoms. The summed E-state index contributed by atoms with van der Waals surface area (Å²) in [5.41, 5.74) is 3.01. The Morgan fingerprint density at radius 1 is 0.970 bits per heavy atom. The van der Waals surface area contributed by atoms with Crippen LogP contribution in [0.3, 0.4) is 0 Å². The van der Waals surface area contributed by atoms with E-state index in [1.54, 1.807) is 36.2 Å². The number of hydrogen-bond donors (Lipinski definition) is 2. The number of sulfonamides is 1. The quantitative estimate of drug-likeness (QED) is 0.586. The summed E-state index contributed by atoms with van der Waals surface area (Å²) in [6.07, 6.45) is 0.524. The normalized spacial score (nSPS) is 18.0. The SMILES string of the molecule is CN1C(=O)c2ccccc2[C@H](C(=O)NCCc2ccc(S(N)(=O)=O)cc2)[C@H]1c1ccccc1. The minimum absolute atomic E-state index is 0.0486. The first-order chi connectivity index (χ1) is 15.8. The van der Waals surface area contributed by atoms with Gasteiger partial charge in [-0.3, -0.25) is 9.59 Å². The number of nitrogens with one attached hydrogen (secondary N) is 1. The maximum absolute atomic E-state index is 13.4. The Morgan fingerprint density at radius 2 is 1.61 bits per heavy atom. The zero-order valence-corrected chi connectivity index (χ0v) is 19.0. The fraction of sp³-hybridized carbons (Fsp3) is 0.200. The van der Waals surface area contributed by atoms with Gasteiger partial charge in [0, 0.05) is 19.2 Å². The van der Waals surface area contributed by atoms with Gasteiger partial charge >= 0.3 is 0 Å². The molecular formula is C25H25N3O4S. The average Bonchev–Trinajstić information content (AvgIpc) is 2.81. The highest BCUT2D eigenvalue weighted by Gasteiger charge is 2.42. The molecule has 3 N–H and O–H groups in total. The van der Waals surface area contributed by atoms with Gasteiger partial charge in [0.05, 0.1) is 16.9 Å². The Hall–Kier alpha value is -3.49. The fourth-order valence-corrected chi connectivity index (χ4v) is 4.83. The zero-order valence-electron chi connectivity index (χ0n) is 18.1. The van der Waals surface area contributed by atoms with Gasteiger partial charge in [-0.25, -0.2) is 13.6 Å². The number of amides is 2. The predicted octanol–water partition coefficient (Wildman–Crippen LogP) is 2.60. The smallest absolute Gasteiger partial charge is 0.254 e. The molecule has 1 aliphatic heterocycles. The number of nitrogens with zero attached hydrogens (tertiary/aromatic N) is 1. The first kappa shape index (κ1) is 22.7. The molecule has 7 nitrogen and oxygen atoms in total. The molecule has 2 atom stereocenters. The Labute approximate surface area is 193 Å². The topological polar surface area (TPSA) is 110 Å². The molecule has 0 aliphatic carbocycles. The second-order valence-electron chi connectivity index (χ2n) is 8.07. The van der Waals surface area contributed by atoms with E-state index < -0.39 is 22.0 Å². The van der Waals surface area contributed by atoms with Gasteiger partial charge in [0.15, 0.2) is 0 Å². The number of benzene rings is 3. The van der Waals surface area contributed by atoms with Crippen molar-refractivity contribution in [2.75, 3.05) is 13.6 Å². The molecule has 33 heavy (non-hydrogen) atoms. The zero-order chi connectivity index (χ0) is 23.6. The molecule has 3 aromatic carbocycles. The number of fused-ring (bicyclic) bond motifs is 1. The summed E-state index contributed by atoms with van der Waals surface area (Å²) in [4.78, 5) is 28.1. The standard InChI is InChI=1S/C25H25N3O4S/c1-28-23(18-7-3-2-4-8-18)22(20-9-5-6-10-21(20)25(28)30)24(29)27-16-15-17-11-13-19(14-12-17)33(26,31)32/h2-14,22-23H,15-16H2,1H3,(H,27,29)(H2,26,31,32)/t22-,23+/m0/s1. The Morgan fingerprint density at radius 3 is 2.27 bits per heavy atom. The summed E-state index contributed by atoms with van der Waals surface area (Å²) in [5, 5.41) is 8.14. The van der Waals surface area contributed by atoms with Crippen molar-refractivity contribution in [1.29, 1.82) is 0 Å². The van der Waals surface area contributed by atoms with Gasteiger partial charge in [0.2, 0.25) is 15.9 Å². The molecule has 1 aliphatic rings. The van der Waals surface area contributed by atoms with Gasteiger partial charge in [-0.2, -0.15) is 0 Å². The summed E-state index contributed by atoms with van der Waals surface area (Å²) in [5.74, 6) is -0.841. The van der Waals surface area contributed by atoms with Crippen LogP contribution >= 0.6 is 0 Å². The van der Waals surface area contributed by atoms with Gasteiger partial charge in [-0.15, -0.1) is 0 Å². The second kappa shape index (κ2) is 9.17. The molecule has 170 valence electrons. The van der Waals surface area contributed by atoms with Crippen LogP contribution in [0.2, 0.25) is 0 Å². The van der Waals surface area contributed by atoms with Gasteiger partial charge in [-0.1, -0.05) is 60.7 Å². The van der Waals surface area contributed by atoms with Crippen LogP contribution in [0.5, 0.6) is 0 Å². The lowest BCUT2D eigenvalue weighted by atomic mass is 9.79. The molecule has 0 saturated carbocycles. The largest absolute Gasteiger partial charge is 0.355 e. The molecule has 2 amide bonds. The lowest BCUT2D eigenvalue weighted by Gasteiger charge is -2.39. The fourth-order valence-electron chi connectivity index (χ4n) is 4.31. The van der Waals surface area contributed by atoms with Crippen LogP contribution in [0.4, 0.5) is 0 Å². The van der Waals surface area contributed by atoms with Gasteiger partial charge < -0.3 is 10.2 Å². The number of carbonyl (C=O) groups excluding carboxylic acids is 2. The third-order valence-electron chi connectivity index (χ3n) is 5.97. The van der Waals surface area contributed by atoms with Crippen molar-refractivity contribution in [2.45, 2.75) is 23.3 Å². The number of rotatable bonds is 6. The summed E-state index contributed by atoms with van der Waals surface area (Å²) in [6.45, 7) is 0.366. The van der Waals surface area contributed by atoms with E-state index in [9.17, 15) is 18.0 Å². The first-order valence-electron chi connectivity index (χ1n) is 10.6. The van der Waals surface area contributed by atoms with Crippen LogP contribution in [0.1, 0.15) is 39.0 Å². The Bertz CT molecular complexity index is 1270. The van der Waals surface area contributed by atoms with Gasteiger partial charge in [0.1, 0.15) is 0 Å². The summed E-state index contributed by atoms with van der Waals surface area (Å²) in [7, 11) is -2.02. The maximum atomic E-state index is 13.4. The molecule has 8 heteroatoms. The number of carbonyl (C=O) groups is 2. The van der Waals surface area contributed by atoms with E-state index in [-0.39, 0.29) is 16.7 Å². The molecule has 3 aromatic rings. The molecule has 0 unspecified atom stereocenters. The van der Waals surface area contributed by atoms with Crippen molar-refractivity contribution in [2.24, 2.45) is 5.14 Å². The minimum Gasteiger partial charge on any atom is -0.355 e. The highest BCUT2D eigenvalue weighted by Crippen LogP contribution is 2.41. The van der Waals surface area contributed by atoms with Crippen LogP contribution < -0.4 is 10.5 Å². The number of primary sulfonamides is 1. The molecule has 1 heterocycles. The molecule has 4 rings (SSSR count). The highest BCUT2D eigenvalue weighted by molar-refractivity contribution is 7.89. The van der Waals surface area contributed by atoms with Crippen molar-refractivity contribution in [3.63, 3.8) is 0 Å². The van der Waals surface area contributed by atoms with Crippen LogP contribution in [-0.4, -0.2) is 38.7 Å². The van der Waals surface area contributed by atoms with E-state index in [1.807, 2.05) is 42.5 Å². The van der Waals surface area contributed by atoms with Crippen LogP contribution in [0.25, 0.3) is 0 Å². The predicted molar refractivity (Wildman–Crippen MR) is 125 cm³/mol. The third-order valence-corrected chi connectivity index (χ3v) is 6.90. The van der Waals surface area contributed by atoms with E-state index in [0.29, 0.717) is 24.1 Å². The van der Waals surface area contributed by atoms with Crippen molar-refractivity contribution in [3.8, 4) is 0 Å². The molecule has 0 aromatic heterocycles. The average molecular weight is 464 g/mol. The Balaban J connectivity index is 1.56. The molecular weight excluding hydrogens is 438 g/mol. The Kier molecular flexibility index (Phi) is 6.31. The van der Waals surface area contributed by atoms with E-state index >= 15 is 0 Å². The van der Waals surface area contributed by atoms with Gasteiger partial charge in [0.25, 0.3) is 5.91 Å². The van der Waals surface area contributed by atoms with Gasteiger partial charge in [-0.05, 0) is 41.3 Å². The minimum atomic E-state index is -3.74. The first-order valence-corrected chi connectivity index (χ1v) is 12.1. The van der Waals surface area contributed by atoms with E-state index in [0.717, 1.165) is 11.1 Å². The van der Waals surface area contributed by atoms with Crippen molar-refractivity contribution >= 4 is 21.8 Å². The number of likely N-dealkylation sites (N-methyl/N-ethyl adjacent to an activating group) is 1. The summed E-state index contributed by atoms with van der Waals surface area (Å²) < 4.78 is 22.8. The number of hydrogen-bond acceptors (Lipinski definition) is 4. The van der Waals surface area contributed by atoms with Crippen LogP contribution in [0.15, 0.2) is 83.8 Å². The summed E-state index contributed by atoms with van der Waals surface area (Å²) in [6, 6.07) is 22.6. The molecule has 0 bridgehead atoms. The molecule has 0 saturated heterocycles. The summed E-state index contributed by atoms with van der Waals surface area (Å²) >= 11 is 0. The monoisotopic (exact) mass is 463 g/mol.